The molecular formula is C14H16BrNO2S. The minimum Gasteiger partial charge on any atom is -0.444 e. The molecule has 1 N–H and O–H groups in total. The van der Waals surface area contributed by atoms with Crippen LogP contribution in [0, 0.1) is 0 Å². The zero-order valence-corrected chi connectivity index (χ0v) is 13.5. The van der Waals surface area contributed by atoms with E-state index in [0.717, 1.165) is 14.7 Å². The average molecular weight is 342 g/mol. The number of nitrogens with one attached hydrogen (secondary N) is 1. The highest BCUT2D eigenvalue weighted by Gasteiger charge is 2.17. The maximum atomic E-state index is 11.7. The number of carbonyl (C=O) groups excluding carboxylic acids is 1. The van der Waals surface area contributed by atoms with Crippen molar-refractivity contribution < 1.29 is 9.53 Å². The second-order valence-corrected chi connectivity index (χ2v) is 7.58. The van der Waals surface area contributed by atoms with Gasteiger partial charge in [0.25, 0.3) is 0 Å². The molecule has 0 fully saturated rings. The first-order valence-electron chi connectivity index (χ1n) is 5.99. The summed E-state index contributed by atoms with van der Waals surface area (Å²) >= 11 is 5.22. The number of alkyl carbamates (subject to hydrolysis) is 1. The van der Waals surface area contributed by atoms with E-state index in [-0.39, 0.29) is 0 Å². The van der Waals surface area contributed by atoms with Gasteiger partial charge in [-0.1, -0.05) is 18.2 Å². The molecular weight excluding hydrogens is 326 g/mol. The summed E-state index contributed by atoms with van der Waals surface area (Å²) in [5, 5.41) is 3.95. The van der Waals surface area contributed by atoms with Crippen molar-refractivity contribution >= 4 is 43.4 Å². The van der Waals surface area contributed by atoms with Gasteiger partial charge in [-0.15, -0.1) is 11.3 Å². The van der Waals surface area contributed by atoms with E-state index in [0.29, 0.717) is 6.54 Å². The minimum absolute atomic E-state index is 0.394. The molecule has 1 heterocycles. The van der Waals surface area contributed by atoms with Crippen molar-refractivity contribution in [2.45, 2.75) is 32.9 Å². The van der Waals surface area contributed by atoms with Crippen molar-refractivity contribution in [1.29, 1.82) is 0 Å². The molecule has 0 aliphatic carbocycles. The number of fused-ring (bicyclic) bond motifs is 1. The van der Waals surface area contributed by atoms with E-state index in [1.54, 1.807) is 11.3 Å². The molecule has 1 amide bonds. The summed E-state index contributed by atoms with van der Waals surface area (Å²) in [6.07, 6.45) is -0.394. The highest BCUT2D eigenvalue weighted by Crippen LogP contribution is 2.35. The first kappa shape index (κ1) is 14.3. The lowest BCUT2D eigenvalue weighted by Crippen LogP contribution is -2.32. The molecule has 0 saturated heterocycles. The fraction of sp³-hybridized carbons (Fsp3) is 0.357. The first-order valence-corrected chi connectivity index (χ1v) is 7.60. The molecule has 0 unspecified atom stereocenters. The summed E-state index contributed by atoms with van der Waals surface area (Å²) in [4.78, 5) is 11.7. The van der Waals surface area contributed by atoms with Gasteiger partial charge in [0, 0.05) is 16.8 Å². The molecule has 1 aromatic heterocycles. The smallest absolute Gasteiger partial charge is 0.407 e. The average Bonchev–Trinajstić information content (AvgIpc) is 2.60. The van der Waals surface area contributed by atoms with Gasteiger partial charge in [0.1, 0.15) is 5.60 Å². The van der Waals surface area contributed by atoms with Gasteiger partial charge in [0.15, 0.2) is 0 Å². The Morgan fingerprint density at radius 2 is 2.05 bits per heavy atom. The van der Waals surface area contributed by atoms with Crippen LogP contribution in [0.3, 0.4) is 0 Å². The van der Waals surface area contributed by atoms with E-state index in [9.17, 15) is 4.79 Å². The molecule has 2 aromatic rings. The van der Waals surface area contributed by atoms with E-state index in [4.69, 9.17) is 4.74 Å². The van der Waals surface area contributed by atoms with E-state index in [1.807, 2.05) is 32.9 Å². The van der Waals surface area contributed by atoms with Gasteiger partial charge in [-0.05, 0) is 48.2 Å². The topological polar surface area (TPSA) is 38.3 Å². The second kappa shape index (κ2) is 5.51. The van der Waals surface area contributed by atoms with E-state index >= 15 is 0 Å². The Hall–Kier alpha value is -1.07. The minimum atomic E-state index is -0.474. The van der Waals surface area contributed by atoms with Gasteiger partial charge < -0.3 is 10.1 Å². The standard InChI is InChI=1S/C14H16BrNO2S/c1-14(2,3)18-13(17)16-8-10-9-6-4-5-7-11(9)19-12(10)15/h4-7H,8H2,1-3H3,(H,16,17). The van der Waals surface area contributed by atoms with Crippen LogP contribution >= 0.6 is 27.3 Å². The SMILES string of the molecule is CC(C)(C)OC(=O)NCc1c(Br)sc2ccccc12. The first-order chi connectivity index (χ1) is 8.87. The number of ether oxygens (including phenoxy) is 1. The maximum Gasteiger partial charge on any atom is 0.407 e. The molecule has 0 saturated carbocycles. The molecule has 5 heteroatoms. The van der Waals surface area contributed by atoms with E-state index < -0.39 is 11.7 Å². The molecule has 2 rings (SSSR count). The van der Waals surface area contributed by atoms with Crippen molar-refractivity contribution in [3.8, 4) is 0 Å². The maximum absolute atomic E-state index is 11.7. The number of hydrogen-bond donors (Lipinski definition) is 1. The molecule has 1 aromatic carbocycles. The molecule has 0 atom stereocenters. The van der Waals surface area contributed by atoms with Gasteiger partial charge in [-0.2, -0.15) is 0 Å². The van der Waals surface area contributed by atoms with Crippen molar-refractivity contribution in [3.63, 3.8) is 0 Å². The lowest BCUT2D eigenvalue weighted by Gasteiger charge is -2.19. The van der Waals surface area contributed by atoms with Crippen molar-refractivity contribution in [3.05, 3.63) is 33.6 Å². The highest BCUT2D eigenvalue weighted by molar-refractivity contribution is 9.11. The summed E-state index contributed by atoms with van der Waals surface area (Å²) in [7, 11) is 0. The van der Waals surface area contributed by atoms with Gasteiger partial charge in [0.05, 0.1) is 3.79 Å². The summed E-state index contributed by atoms with van der Waals surface area (Å²) in [6.45, 7) is 6.01. The second-order valence-electron chi connectivity index (χ2n) is 5.21. The number of rotatable bonds is 2. The summed E-state index contributed by atoms with van der Waals surface area (Å²) in [6, 6.07) is 8.14. The van der Waals surface area contributed by atoms with Crippen LogP contribution in [-0.4, -0.2) is 11.7 Å². The number of benzene rings is 1. The fourth-order valence-electron chi connectivity index (χ4n) is 1.71. The molecule has 19 heavy (non-hydrogen) atoms. The van der Waals surface area contributed by atoms with Crippen LogP contribution < -0.4 is 5.32 Å². The van der Waals surface area contributed by atoms with Crippen LogP contribution in [-0.2, 0) is 11.3 Å². The molecule has 0 radical (unpaired) electrons. The molecule has 0 aliphatic heterocycles. The normalized spacial score (nSPS) is 11.6. The van der Waals surface area contributed by atoms with Crippen LogP contribution in [0.1, 0.15) is 26.3 Å². The summed E-state index contributed by atoms with van der Waals surface area (Å²) in [5.74, 6) is 0. The van der Waals surface area contributed by atoms with E-state index in [2.05, 4.69) is 33.4 Å². The van der Waals surface area contributed by atoms with Crippen molar-refractivity contribution in [2.75, 3.05) is 0 Å². The van der Waals surface area contributed by atoms with Crippen LogP contribution in [0.15, 0.2) is 28.1 Å². The number of carbonyl (C=O) groups is 1. The third-order valence-electron chi connectivity index (χ3n) is 2.46. The Morgan fingerprint density at radius 1 is 1.37 bits per heavy atom. The van der Waals surface area contributed by atoms with Gasteiger partial charge in [0.2, 0.25) is 0 Å². The molecule has 0 spiro atoms. The van der Waals surface area contributed by atoms with Crippen LogP contribution in [0.25, 0.3) is 10.1 Å². The monoisotopic (exact) mass is 341 g/mol. The van der Waals surface area contributed by atoms with Gasteiger partial charge in [-0.3, -0.25) is 0 Å². The predicted octanol–water partition coefficient (Wildman–Crippen LogP) is 4.69. The molecule has 0 aliphatic rings. The van der Waals surface area contributed by atoms with Crippen LogP contribution in [0.2, 0.25) is 0 Å². The lowest BCUT2D eigenvalue weighted by atomic mass is 10.2. The van der Waals surface area contributed by atoms with Crippen LogP contribution in [0.5, 0.6) is 0 Å². The van der Waals surface area contributed by atoms with Crippen molar-refractivity contribution in [1.82, 2.24) is 5.32 Å². The Bertz CT molecular complexity index is 601. The number of hydrogen-bond acceptors (Lipinski definition) is 3. The number of amides is 1. The zero-order valence-electron chi connectivity index (χ0n) is 11.1. The Balaban J connectivity index is 2.10. The third kappa shape index (κ3) is 3.70. The third-order valence-corrected chi connectivity index (χ3v) is 4.42. The molecule has 3 nitrogen and oxygen atoms in total. The Kier molecular flexibility index (Phi) is 4.16. The zero-order chi connectivity index (χ0) is 14.0. The van der Waals surface area contributed by atoms with E-state index in [1.165, 1.54) is 4.70 Å². The van der Waals surface area contributed by atoms with Gasteiger partial charge >= 0.3 is 6.09 Å². The van der Waals surface area contributed by atoms with Crippen LogP contribution in [0.4, 0.5) is 4.79 Å². The largest absolute Gasteiger partial charge is 0.444 e. The van der Waals surface area contributed by atoms with Crippen molar-refractivity contribution in [2.24, 2.45) is 0 Å². The molecule has 0 bridgehead atoms. The molecule has 102 valence electrons. The lowest BCUT2D eigenvalue weighted by molar-refractivity contribution is 0.0524. The summed E-state index contributed by atoms with van der Waals surface area (Å²) in [5.41, 5.74) is 0.615. The number of thiophene rings is 1. The summed E-state index contributed by atoms with van der Waals surface area (Å²) < 4.78 is 7.48. The Labute approximate surface area is 125 Å². The van der Waals surface area contributed by atoms with Gasteiger partial charge in [-0.25, -0.2) is 4.79 Å². The number of halogens is 1. The fourth-order valence-corrected chi connectivity index (χ4v) is 3.53. The Morgan fingerprint density at radius 3 is 2.74 bits per heavy atom. The highest BCUT2D eigenvalue weighted by atomic mass is 79.9. The predicted molar refractivity (Wildman–Crippen MR) is 82.6 cm³/mol. The quantitative estimate of drug-likeness (QED) is 0.860.